The van der Waals surface area contributed by atoms with Crippen LogP contribution in [0.5, 0.6) is 0 Å². The summed E-state index contributed by atoms with van der Waals surface area (Å²) in [4.78, 5) is 0. The maximum absolute atomic E-state index is 10.4. The predicted molar refractivity (Wildman–Crippen MR) is 91.9 cm³/mol. The van der Waals surface area contributed by atoms with Crippen LogP contribution in [0.2, 0.25) is 0 Å². The topological polar surface area (TPSA) is 32.3 Å². The summed E-state index contributed by atoms with van der Waals surface area (Å²) in [6, 6.07) is 15.1. The lowest BCUT2D eigenvalue weighted by Crippen LogP contribution is -2.31. The Kier molecular flexibility index (Phi) is 4.84. The minimum atomic E-state index is -0.428. The Balaban J connectivity index is 1.60. The van der Waals surface area contributed by atoms with Gasteiger partial charge in [-0.2, -0.15) is 11.8 Å². The van der Waals surface area contributed by atoms with Gasteiger partial charge in [0, 0.05) is 17.8 Å². The maximum Gasteiger partial charge on any atom is 0.0914 e. The summed E-state index contributed by atoms with van der Waals surface area (Å²) in [5.74, 6) is 0. The van der Waals surface area contributed by atoms with Gasteiger partial charge in [0.05, 0.1) is 6.10 Å². The number of hydrogen-bond acceptors (Lipinski definition) is 3. The molecule has 0 aliphatic heterocycles. The molecule has 3 rings (SSSR count). The number of aliphatic hydroxyl groups is 1. The summed E-state index contributed by atoms with van der Waals surface area (Å²) in [7, 11) is 0. The van der Waals surface area contributed by atoms with Crippen molar-refractivity contribution in [3.63, 3.8) is 0 Å². The fraction of sp³-hybridized carbons (Fsp3) is 0.444. The molecule has 0 saturated heterocycles. The summed E-state index contributed by atoms with van der Waals surface area (Å²) in [5, 5.41) is 17.1. The molecule has 2 aromatic rings. The van der Waals surface area contributed by atoms with Crippen molar-refractivity contribution in [3.05, 3.63) is 48.0 Å². The van der Waals surface area contributed by atoms with Gasteiger partial charge < -0.3 is 10.4 Å². The third kappa shape index (κ3) is 3.60. The standard InChI is InChI=1S/C18H23NOS/c1-21-17-9-8-16(11-17)19-12-18(20)15-7-6-13-4-2-3-5-14(13)10-15/h2-7,10,16-20H,8-9,11-12H2,1H3. The van der Waals surface area contributed by atoms with Crippen LogP contribution in [0.25, 0.3) is 10.8 Å². The Morgan fingerprint density at radius 1 is 1.19 bits per heavy atom. The number of thioether (sulfide) groups is 1. The molecule has 2 N–H and O–H groups in total. The minimum Gasteiger partial charge on any atom is -0.387 e. The van der Waals surface area contributed by atoms with Crippen molar-refractivity contribution in [2.75, 3.05) is 12.8 Å². The lowest BCUT2D eigenvalue weighted by molar-refractivity contribution is 0.170. The zero-order chi connectivity index (χ0) is 14.7. The Morgan fingerprint density at radius 3 is 2.76 bits per heavy atom. The van der Waals surface area contributed by atoms with E-state index in [1.165, 1.54) is 30.0 Å². The Hall–Kier alpha value is -1.03. The van der Waals surface area contributed by atoms with Gasteiger partial charge in [0.1, 0.15) is 0 Å². The smallest absolute Gasteiger partial charge is 0.0914 e. The third-order valence-electron chi connectivity index (χ3n) is 4.48. The predicted octanol–water partition coefficient (Wildman–Crippen LogP) is 3.75. The molecule has 1 aliphatic rings. The minimum absolute atomic E-state index is 0.428. The molecule has 112 valence electrons. The summed E-state index contributed by atoms with van der Waals surface area (Å²) in [6.45, 7) is 0.643. The molecule has 0 aromatic heterocycles. The number of benzene rings is 2. The summed E-state index contributed by atoms with van der Waals surface area (Å²) >= 11 is 1.97. The molecule has 0 amide bonds. The SMILES string of the molecule is CSC1CCC(NCC(O)c2ccc3ccccc3c2)C1. The lowest BCUT2D eigenvalue weighted by atomic mass is 10.0. The fourth-order valence-electron chi connectivity index (χ4n) is 3.15. The molecule has 3 heteroatoms. The van der Waals surface area contributed by atoms with Crippen LogP contribution in [-0.4, -0.2) is 29.2 Å². The number of aliphatic hydroxyl groups excluding tert-OH is 1. The first-order valence-electron chi connectivity index (χ1n) is 7.69. The molecule has 0 heterocycles. The van der Waals surface area contributed by atoms with Gasteiger partial charge >= 0.3 is 0 Å². The van der Waals surface area contributed by atoms with Crippen molar-refractivity contribution in [3.8, 4) is 0 Å². The van der Waals surface area contributed by atoms with Crippen LogP contribution in [0, 0.1) is 0 Å². The Labute approximate surface area is 130 Å². The Bertz CT molecular complexity index is 601. The van der Waals surface area contributed by atoms with Crippen LogP contribution < -0.4 is 5.32 Å². The molecule has 1 saturated carbocycles. The van der Waals surface area contributed by atoms with Crippen molar-refractivity contribution in [2.24, 2.45) is 0 Å². The van der Waals surface area contributed by atoms with Gasteiger partial charge in [0.25, 0.3) is 0 Å². The first-order chi connectivity index (χ1) is 10.3. The van der Waals surface area contributed by atoms with Gasteiger partial charge in [-0.1, -0.05) is 36.4 Å². The normalized spacial score (nSPS) is 23.5. The van der Waals surface area contributed by atoms with Crippen molar-refractivity contribution in [1.82, 2.24) is 5.32 Å². The molecule has 1 aliphatic carbocycles. The van der Waals surface area contributed by atoms with E-state index in [0.717, 1.165) is 10.8 Å². The number of hydrogen-bond donors (Lipinski definition) is 2. The quantitative estimate of drug-likeness (QED) is 0.882. The summed E-state index contributed by atoms with van der Waals surface area (Å²) < 4.78 is 0. The van der Waals surface area contributed by atoms with E-state index in [1.807, 2.05) is 30.0 Å². The third-order valence-corrected chi connectivity index (χ3v) is 5.57. The van der Waals surface area contributed by atoms with Crippen LogP contribution in [0.3, 0.4) is 0 Å². The number of nitrogens with one attached hydrogen (secondary N) is 1. The zero-order valence-corrected chi connectivity index (χ0v) is 13.3. The monoisotopic (exact) mass is 301 g/mol. The highest BCUT2D eigenvalue weighted by Crippen LogP contribution is 2.28. The molecule has 0 radical (unpaired) electrons. The average Bonchev–Trinajstić information content (AvgIpc) is 3.00. The molecule has 1 fully saturated rings. The molecule has 2 nitrogen and oxygen atoms in total. The van der Waals surface area contributed by atoms with Crippen LogP contribution >= 0.6 is 11.8 Å². The maximum atomic E-state index is 10.4. The first kappa shape index (κ1) is 14.9. The summed E-state index contributed by atoms with van der Waals surface area (Å²) in [5.41, 5.74) is 1.00. The highest BCUT2D eigenvalue weighted by atomic mass is 32.2. The molecule has 21 heavy (non-hydrogen) atoms. The van der Waals surface area contributed by atoms with Crippen molar-refractivity contribution >= 4 is 22.5 Å². The average molecular weight is 301 g/mol. The molecular weight excluding hydrogens is 278 g/mol. The van der Waals surface area contributed by atoms with Gasteiger partial charge in [-0.3, -0.25) is 0 Å². The van der Waals surface area contributed by atoms with E-state index in [9.17, 15) is 5.11 Å². The van der Waals surface area contributed by atoms with Crippen molar-refractivity contribution < 1.29 is 5.11 Å². The van der Waals surface area contributed by atoms with Crippen LogP contribution in [0.4, 0.5) is 0 Å². The van der Waals surface area contributed by atoms with E-state index in [0.29, 0.717) is 12.6 Å². The fourth-order valence-corrected chi connectivity index (χ4v) is 3.95. The molecule has 0 spiro atoms. The zero-order valence-electron chi connectivity index (χ0n) is 12.5. The van der Waals surface area contributed by atoms with Crippen molar-refractivity contribution in [1.29, 1.82) is 0 Å². The van der Waals surface area contributed by atoms with Gasteiger partial charge in [-0.05, 0) is 47.9 Å². The van der Waals surface area contributed by atoms with Gasteiger partial charge in [-0.15, -0.1) is 0 Å². The molecular formula is C18H23NOS. The first-order valence-corrected chi connectivity index (χ1v) is 8.98. The molecule has 3 unspecified atom stereocenters. The van der Waals surface area contributed by atoms with Crippen LogP contribution in [-0.2, 0) is 0 Å². The van der Waals surface area contributed by atoms with E-state index in [2.05, 4.69) is 35.8 Å². The molecule has 2 aromatic carbocycles. The van der Waals surface area contributed by atoms with E-state index in [-0.39, 0.29) is 0 Å². The van der Waals surface area contributed by atoms with Gasteiger partial charge in [-0.25, -0.2) is 0 Å². The van der Waals surface area contributed by atoms with Crippen LogP contribution in [0.15, 0.2) is 42.5 Å². The Morgan fingerprint density at radius 2 is 2.00 bits per heavy atom. The van der Waals surface area contributed by atoms with Crippen LogP contribution in [0.1, 0.15) is 30.9 Å². The van der Waals surface area contributed by atoms with Gasteiger partial charge in [0.2, 0.25) is 0 Å². The van der Waals surface area contributed by atoms with Gasteiger partial charge in [0.15, 0.2) is 0 Å². The van der Waals surface area contributed by atoms with E-state index >= 15 is 0 Å². The van der Waals surface area contributed by atoms with Crippen molar-refractivity contribution in [2.45, 2.75) is 36.7 Å². The lowest BCUT2D eigenvalue weighted by Gasteiger charge is -2.17. The largest absolute Gasteiger partial charge is 0.387 e. The second-order valence-corrected chi connectivity index (χ2v) is 7.04. The molecule has 3 atom stereocenters. The number of fused-ring (bicyclic) bond motifs is 1. The second-order valence-electron chi connectivity index (χ2n) is 5.90. The summed E-state index contributed by atoms with van der Waals surface area (Å²) in [6.07, 6.45) is 5.52. The van der Waals surface area contributed by atoms with E-state index in [1.54, 1.807) is 0 Å². The van der Waals surface area contributed by atoms with E-state index in [4.69, 9.17) is 0 Å². The second kappa shape index (κ2) is 6.82. The highest BCUT2D eigenvalue weighted by molar-refractivity contribution is 7.99. The highest BCUT2D eigenvalue weighted by Gasteiger charge is 2.24. The van der Waals surface area contributed by atoms with E-state index < -0.39 is 6.10 Å². The molecule has 0 bridgehead atoms. The number of rotatable bonds is 5.